The molecule has 1 aliphatic rings. The van der Waals surface area contributed by atoms with Crippen LogP contribution in [-0.2, 0) is 13.1 Å². The van der Waals surface area contributed by atoms with Gasteiger partial charge in [0.1, 0.15) is 5.69 Å². The van der Waals surface area contributed by atoms with Crippen LogP contribution >= 0.6 is 0 Å². The summed E-state index contributed by atoms with van der Waals surface area (Å²) in [6.07, 6.45) is 0. The van der Waals surface area contributed by atoms with Crippen LogP contribution < -0.4 is 10.2 Å². The summed E-state index contributed by atoms with van der Waals surface area (Å²) in [6, 6.07) is 16.0. The van der Waals surface area contributed by atoms with Crippen molar-refractivity contribution in [2.45, 2.75) is 39.4 Å². The van der Waals surface area contributed by atoms with Crippen LogP contribution in [0.15, 0.2) is 48.5 Å². The topological polar surface area (TPSA) is 61.6 Å². The maximum absolute atomic E-state index is 11.7. The van der Waals surface area contributed by atoms with E-state index >= 15 is 0 Å². The lowest BCUT2D eigenvalue weighted by Gasteiger charge is -2.36. The fourth-order valence-electron chi connectivity index (χ4n) is 3.45. The second-order valence-corrected chi connectivity index (χ2v) is 8.43. The van der Waals surface area contributed by atoms with Crippen molar-refractivity contribution >= 4 is 11.4 Å². The first-order valence-corrected chi connectivity index (χ1v) is 9.85. The van der Waals surface area contributed by atoms with Gasteiger partial charge in [-0.3, -0.25) is 15.0 Å². The Morgan fingerprint density at radius 3 is 2.29 bits per heavy atom. The number of nitro groups is 1. The zero-order valence-electron chi connectivity index (χ0n) is 17.0. The number of piperazine rings is 1. The molecule has 0 amide bonds. The Labute approximate surface area is 167 Å². The van der Waals surface area contributed by atoms with Gasteiger partial charge in [0, 0.05) is 50.9 Å². The van der Waals surface area contributed by atoms with Gasteiger partial charge in [0.05, 0.1) is 4.92 Å². The fourth-order valence-corrected chi connectivity index (χ4v) is 3.45. The molecule has 2 aromatic carbocycles. The highest BCUT2D eigenvalue weighted by Crippen LogP contribution is 2.30. The molecular weight excluding hydrogens is 352 g/mol. The minimum absolute atomic E-state index is 0.0253. The lowest BCUT2D eigenvalue weighted by Crippen LogP contribution is -2.46. The standard InChI is InChI=1S/C22H30N4O2/c1-22(2,3)23-16-19-9-10-20(21(15-19)26(27)28)25-13-11-24(12-14-25)17-18-7-5-4-6-8-18/h4-10,15,23H,11-14,16-17H2,1-3H3. The minimum Gasteiger partial charge on any atom is -0.363 e. The molecule has 1 N–H and O–H groups in total. The number of nitrogens with one attached hydrogen (secondary N) is 1. The fraction of sp³-hybridized carbons (Fsp3) is 0.455. The molecule has 28 heavy (non-hydrogen) atoms. The Hall–Kier alpha value is -2.44. The number of nitrogens with zero attached hydrogens (tertiary/aromatic N) is 3. The molecule has 0 bridgehead atoms. The predicted molar refractivity (Wildman–Crippen MR) is 114 cm³/mol. The van der Waals surface area contributed by atoms with Crippen LogP contribution in [0.4, 0.5) is 11.4 Å². The van der Waals surface area contributed by atoms with Crippen molar-refractivity contribution in [3.8, 4) is 0 Å². The lowest BCUT2D eigenvalue weighted by atomic mass is 10.1. The van der Waals surface area contributed by atoms with Crippen molar-refractivity contribution in [1.82, 2.24) is 10.2 Å². The van der Waals surface area contributed by atoms with Gasteiger partial charge in [-0.15, -0.1) is 0 Å². The Morgan fingerprint density at radius 2 is 1.68 bits per heavy atom. The molecule has 0 aromatic heterocycles. The Balaban J connectivity index is 1.65. The van der Waals surface area contributed by atoms with Crippen LogP contribution in [0.2, 0.25) is 0 Å². The molecule has 0 spiro atoms. The van der Waals surface area contributed by atoms with Crippen LogP contribution in [0.25, 0.3) is 0 Å². The monoisotopic (exact) mass is 382 g/mol. The maximum atomic E-state index is 11.7. The normalized spacial score (nSPS) is 15.6. The number of nitro benzene ring substituents is 1. The first-order chi connectivity index (χ1) is 13.3. The summed E-state index contributed by atoms with van der Waals surface area (Å²) in [5.41, 5.74) is 3.14. The van der Waals surface area contributed by atoms with Crippen LogP contribution in [0.1, 0.15) is 31.9 Å². The van der Waals surface area contributed by atoms with Gasteiger partial charge in [-0.1, -0.05) is 36.4 Å². The highest BCUT2D eigenvalue weighted by molar-refractivity contribution is 5.64. The van der Waals surface area contributed by atoms with E-state index in [9.17, 15) is 10.1 Å². The number of rotatable bonds is 6. The molecule has 1 aliphatic heterocycles. The Kier molecular flexibility index (Phi) is 6.31. The van der Waals surface area contributed by atoms with Crippen molar-refractivity contribution in [2.75, 3.05) is 31.1 Å². The highest BCUT2D eigenvalue weighted by atomic mass is 16.6. The van der Waals surface area contributed by atoms with Crippen molar-refractivity contribution in [1.29, 1.82) is 0 Å². The second kappa shape index (κ2) is 8.71. The van der Waals surface area contributed by atoms with E-state index in [1.807, 2.05) is 18.2 Å². The zero-order chi connectivity index (χ0) is 20.1. The van der Waals surface area contributed by atoms with Gasteiger partial charge >= 0.3 is 0 Å². The molecule has 0 unspecified atom stereocenters. The molecule has 0 radical (unpaired) electrons. The molecule has 1 heterocycles. The van der Waals surface area contributed by atoms with Crippen molar-refractivity contribution in [3.05, 3.63) is 69.8 Å². The number of hydrogen-bond donors (Lipinski definition) is 1. The molecule has 2 aromatic rings. The van der Waals surface area contributed by atoms with Gasteiger partial charge in [0.2, 0.25) is 0 Å². The van der Waals surface area contributed by atoms with Gasteiger partial charge < -0.3 is 10.2 Å². The molecular formula is C22H30N4O2. The maximum Gasteiger partial charge on any atom is 0.292 e. The molecule has 3 rings (SSSR count). The van der Waals surface area contributed by atoms with Gasteiger partial charge in [-0.25, -0.2) is 0 Å². The molecule has 6 nitrogen and oxygen atoms in total. The van der Waals surface area contributed by atoms with E-state index in [1.165, 1.54) is 5.56 Å². The van der Waals surface area contributed by atoms with E-state index in [4.69, 9.17) is 0 Å². The van der Waals surface area contributed by atoms with Crippen molar-refractivity contribution in [3.63, 3.8) is 0 Å². The van der Waals surface area contributed by atoms with Gasteiger partial charge in [-0.05, 0) is 38.0 Å². The van der Waals surface area contributed by atoms with Gasteiger partial charge in [-0.2, -0.15) is 0 Å². The third-order valence-corrected chi connectivity index (χ3v) is 5.02. The van der Waals surface area contributed by atoms with Crippen LogP contribution in [0.3, 0.4) is 0 Å². The molecule has 0 aliphatic carbocycles. The van der Waals surface area contributed by atoms with E-state index in [0.29, 0.717) is 6.54 Å². The molecule has 1 saturated heterocycles. The third kappa shape index (κ3) is 5.53. The van der Waals surface area contributed by atoms with Gasteiger partial charge in [0.25, 0.3) is 5.69 Å². The SMILES string of the molecule is CC(C)(C)NCc1ccc(N2CCN(Cc3ccccc3)CC2)c([N+](=O)[O-])c1. The second-order valence-electron chi connectivity index (χ2n) is 8.43. The summed E-state index contributed by atoms with van der Waals surface area (Å²) < 4.78 is 0. The smallest absolute Gasteiger partial charge is 0.292 e. The average molecular weight is 383 g/mol. The minimum atomic E-state index is -0.258. The van der Waals surface area contributed by atoms with E-state index in [1.54, 1.807) is 6.07 Å². The van der Waals surface area contributed by atoms with Crippen molar-refractivity contribution in [2.24, 2.45) is 0 Å². The molecule has 1 fully saturated rings. The van der Waals surface area contributed by atoms with E-state index in [2.05, 4.69) is 60.2 Å². The van der Waals surface area contributed by atoms with Crippen LogP contribution in [0.5, 0.6) is 0 Å². The van der Waals surface area contributed by atoms with E-state index < -0.39 is 0 Å². The van der Waals surface area contributed by atoms with E-state index in [-0.39, 0.29) is 16.1 Å². The number of benzene rings is 2. The molecule has 150 valence electrons. The number of anilines is 1. The Bertz CT molecular complexity index is 794. The summed E-state index contributed by atoms with van der Waals surface area (Å²) >= 11 is 0. The first kappa shape index (κ1) is 20.3. The zero-order valence-corrected chi connectivity index (χ0v) is 17.0. The van der Waals surface area contributed by atoms with Crippen LogP contribution in [-0.4, -0.2) is 41.5 Å². The number of hydrogen-bond acceptors (Lipinski definition) is 5. The summed E-state index contributed by atoms with van der Waals surface area (Å²) in [5, 5.41) is 15.1. The summed E-state index contributed by atoms with van der Waals surface area (Å²) in [7, 11) is 0. The summed E-state index contributed by atoms with van der Waals surface area (Å²) in [5.74, 6) is 0. The molecule has 6 heteroatoms. The quantitative estimate of drug-likeness (QED) is 0.608. The van der Waals surface area contributed by atoms with Crippen LogP contribution in [0, 0.1) is 10.1 Å². The van der Waals surface area contributed by atoms with E-state index in [0.717, 1.165) is 44.0 Å². The lowest BCUT2D eigenvalue weighted by molar-refractivity contribution is -0.384. The molecule has 0 saturated carbocycles. The summed E-state index contributed by atoms with van der Waals surface area (Å²) in [4.78, 5) is 16.0. The molecule has 0 atom stereocenters. The third-order valence-electron chi connectivity index (χ3n) is 5.02. The largest absolute Gasteiger partial charge is 0.363 e. The van der Waals surface area contributed by atoms with Gasteiger partial charge in [0.15, 0.2) is 0 Å². The summed E-state index contributed by atoms with van der Waals surface area (Å²) in [6.45, 7) is 11.2. The average Bonchev–Trinajstić information content (AvgIpc) is 2.67. The Morgan fingerprint density at radius 1 is 1.00 bits per heavy atom. The first-order valence-electron chi connectivity index (χ1n) is 9.85. The predicted octanol–water partition coefficient (Wildman–Crippen LogP) is 3.81. The highest BCUT2D eigenvalue weighted by Gasteiger charge is 2.24. The van der Waals surface area contributed by atoms with Crippen molar-refractivity contribution < 1.29 is 4.92 Å².